The van der Waals surface area contributed by atoms with Crippen molar-refractivity contribution in [2.75, 3.05) is 11.9 Å². The van der Waals surface area contributed by atoms with Crippen LogP contribution in [-0.4, -0.2) is 21.7 Å². The van der Waals surface area contributed by atoms with Crippen molar-refractivity contribution < 1.29 is 4.52 Å². The minimum atomic E-state index is 0.488. The normalized spacial score (nSPS) is 10.5. The molecule has 2 rings (SSSR count). The van der Waals surface area contributed by atoms with Crippen LogP contribution in [0.2, 0.25) is 10.0 Å². The Labute approximate surface area is 108 Å². The zero-order valence-electron chi connectivity index (χ0n) is 9.07. The van der Waals surface area contributed by atoms with Gasteiger partial charge in [0, 0.05) is 26.1 Å². The summed E-state index contributed by atoms with van der Waals surface area (Å²) in [4.78, 5) is 8.16. The molecule has 0 bridgehead atoms. The molecule has 2 aromatic rings. The van der Waals surface area contributed by atoms with Gasteiger partial charge >= 0.3 is 0 Å². The zero-order valence-corrected chi connectivity index (χ0v) is 10.6. The van der Waals surface area contributed by atoms with Crippen LogP contribution in [0.4, 0.5) is 5.82 Å². The molecule has 0 atom stereocenters. The van der Waals surface area contributed by atoms with E-state index in [9.17, 15) is 0 Å². The first-order chi connectivity index (χ1) is 8.15. The van der Waals surface area contributed by atoms with Gasteiger partial charge in [0.15, 0.2) is 5.82 Å². The van der Waals surface area contributed by atoms with Gasteiger partial charge in [-0.1, -0.05) is 28.4 Å². The van der Waals surface area contributed by atoms with Crippen molar-refractivity contribution in [1.29, 1.82) is 0 Å². The van der Waals surface area contributed by atoms with Gasteiger partial charge in [0.2, 0.25) is 5.89 Å². The predicted octanol–water partition coefficient (Wildman–Crippen LogP) is 2.73. The van der Waals surface area contributed by atoms with Crippen molar-refractivity contribution in [3.05, 3.63) is 34.0 Å². The van der Waals surface area contributed by atoms with Crippen molar-refractivity contribution in [3.8, 4) is 0 Å². The first-order valence-corrected chi connectivity index (χ1v) is 5.75. The minimum absolute atomic E-state index is 0.488. The number of anilines is 1. The van der Waals surface area contributed by atoms with Gasteiger partial charge in [-0.2, -0.15) is 4.98 Å². The van der Waals surface area contributed by atoms with Gasteiger partial charge in [-0.05, 0) is 6.07 Å². The minimum Gasteiger partial charge on any atom is -0.368 e. The molecule has 0 aliphatic carbocycles. The third-order valence-corrected chi connectivity index (χ3v) is 2.51. The van der Waals surface area contributed by atoms with E-state index in [1.165, 1.54) is 6.20 Å². The highest BCUT2D eigenvalue weighted by atomic mass is 35.5. The predicted molar refractivity (Wildman–Crippen MR) is 65.5 cm³/mol. The highest BCUT2D eigenvalue weighted by Crippen LogP contribution is 2.22. The van der Waals surface area contributed by atoms with E-state index in [1.54, 1.807) is 13.0 Å². The maximum Gasteiger partial charge on any atom is 0.223 e. The van der Waals surface area contributed by atoms with E-state index >= 15 is 0 Å². The number of aromatic nitrogens is 3. The fourth-order valence-corrected chi connectivity index (χ4v) is 1.73. The van der Waals surface area contributed by atoms with Gasteiger partial charge in [0.05, 0.1) is 10.0 Å². The maximum atomic E-state index is 5.96. The number of halogens is 2. The number of hydrogen-bond acceptors (Lipinski definition) is 5. The Morgan fingerprint density at radius 1 is 1.41 bits per heavy atom. The molecule has 0 aliphatic heterocycles. The van der Waals surface area contributed by atoms with E-state index < -0.39 is 0 Å². The molecule has 2 heterocycles. The van der Waals surface area contributed by atoms with Crippen LogP contribution in [0.3, 0.4) is 0 Å². The summed E-state index contributed by atoms with van der Waals surface area (Å²) in [5.41, 5.74) is 0. The molecule has 0 fully saturated rings. The van der Waals surface area contributed by atoms with Crippen molar-refractivity contribution in [3.63, 3.8) is 0 Å². The number of rotatable bonds is 4. The van der Waals surface area contributed by atoms with Crippen molar-refractivity contribution >= 4 is 29.0 Å². The molecular weight excluding hydrogens is 263 g/mol. The Hall–Kier alpha value is -1.33. The molecule has 7 heteroatoms. The SMILES string of the molecule is Cc1nc(CCNc2ncc(Cl)cc2Cl)no1. The van der Waals surface area contributed by atoms with Crippen LogP contribution >= 0.6 is 23.2 Å². The van der Waals surface area contributed by atoms with Gasteiger partial charge in [0.1, 0.15) is 5.82 Å². The Balaban J connectivity index is 1.90. The summed E-state index contributed by atoms with van der Waals surface area (Å²) in [6, 6.07) is 1.64. The molecule has 0 spiro atoms. The smallest absolute Gasteiger partial charge is 0.223 e. The number of aryl methyl sites for hydroxylation is 1. The average Bonchev–Trinajstić information content (AvgIpc) is 2.68. The van der Waals surface area contributed by atoms with Crippen molar-refractivity contribution in [2.24, 2.45) is 0 Å². The fourth-order valence-electron chi connectivity index (χ4n) is 1.28. The Kier molecular flexibility index (Phi) is 3.81. The fraction of sp³-hybridized carbons (Fsp3) is 0.300. The first kappa shape index (κ1) is 12.1. The second kappa shape index (κ2) is 5.33. The molecule has 0 unspecified atom stereocenters. The van der Waals surface area contributed by atoms with E-state index in [0.717, 1.165) is 0 Å². The van der Waals surface area contributed by atoms with Crippen molar-refractivity contribution in [2.45, 2.75) is 13.3 Å². The van der Waals surface area contributed by atoms with Crippen LogP contribution in [0.1, 0.15) is 11.7 Å². The van der Waals surface area contributed by atoms with Crippen LogP contribution in [-0.2, 0) is 6.42 Å². The molecule has 0 saturated carbocycles. The number of hydrogen-bond donors (Lipinski definition) is 1. The molecule has 1 N–H and O–H groups in total. The summed E-state index contributed by atoms with van der Waals surface area (Å²) in [6.07, 6.45) is 2.17. The Morgan fingerprint density at radius 2 is 2.24 bits per heavy atom. The number of nitrogens with one attached hydrogen (secondary N) is 1. The third kappa shape index (κ3) is 3.31. The van der Waals surface area contributed by atoms with Crippen LogP contribution in [0.15, 0.2) is 16.8 Å². The summed E-state index contributed by atoms with van der Waals surface area (Å²) in [6.45, 7) is 2.37. The standard InChI is InChI=1S/C10H10Cl2N4O/c1-6-15-9(16-17-6)2-3-13-10-8(12)4-7(11)5-14-10/h4-5H,2-3H2,1H3,(H,13,14). The highest BCUT2D eigenvalue weighted by molar-refractivity contribution is 6.35. The summed E-state index contributed by atoms with van der Waals surface area (Å²) in [7, 11) is 0. The first-order valence-electron chi connectivity index (χ1n) is 4.99. The van der Waals surface area contributed by atoms with Crippen LogP contribution in [0, 0.1) is 6.92 Å². The molecular formula is C10H10Cl2N4O. The lowest BCUT2D eigenvalue weighted by Crippen LogP contribution is -2.07. The van der Waals surface area contributed by atoms with Crippen LogP contribution < -0.4 is 5.32 Å². The van der Waals surface area contributed by atoms with E-state index in [4.69, 9.17) is 27.7 Å². The Bertz CT molecular complexity index is 515. The van der Waals surface area contributed by atoms with Gasteiger partial charge in [-0.25, -0.2) is 4.98 Å². The molecule has 5 nitrogen and oxygen atoms in total. The largest absolute Gasteiger partial charge is 0.368 e. The highest BCUT2D eigenvalue weighted by Gasteiger charge is 2.04. The topological polar surface area (TPSA) is 63.8 Å². The number of nitrogens with zero attached hydrogens (tertiary/aromatic N) is 3. The zero-order chi connectivity index (χ0) is 12.3. The van der Waals surface area contributed by atoms with Gasteiger partial charge in [-0.15, -0.1) is 0 Å². The monoisotopic (exact) mass is 272 g/mol. The second-order valence-electron chi connectivity index (χ2n) is 3.39. The summed E-state index contributed by atoms with van der Waals surface area (Å²) < 4.78 is 4.86. The molecule has 0 saturated heterocycles. The summed E-state index contributed by atoms with van der Waals surface area (Å²) in [5.74, 6) is 1.80. The van der Waals surface area contributed by atoms with Crippen LogP contribution in [0.25, 0.3) is 0 Å². The number of pyridine rings is 1. The lowest BCUT2D eigenvalue weighted by molar-refractivity contribution is 0.387. The quantitative estimate of drug-likeness (QED) is 0.927. The molecule has 2 aromatic heterocycles. The molecule has 0 aromatic carbocycles. The molecule has 0 aliphatic rings. The van der Waals surface area contributed by atoms with Crippen molar-refractivity contribution in [1.82, 2.24) is 15.1 Å². The Morgan fingerprint density at radius 3 is 2.88 bits per heavy atom. The average molecular weight is 273 g/mol. The summed E-state index contributed by atoms with van der Waals surface area (Å²) in [5, 5.41) is 7.85. The van der Waals surface area contributed by atoms with Gasteiger partial charge in [-0.3, -0.25) is 0 Å². The maximum absolute atomic E-state index is 5.96. The van der Waals surface area contributed by atoms with Gasteiger partial charge < -0.3 is 9.84 Å². The third-order valence-electron chi connectivity index (χ3n) is 2.02. The molecule has 90 valence electrons. The van der Waals surface area contributed by atoms with Gasteiger partial charge in [0.25, 0.3) is 0 Å². The lowest BCUT2D eigenvalue weighted by Gasteiger charge is -2.05. The van der Waals surface area contributed by atoms with Crippen LogP contribution in [0.5, 0.6) is 0 Å². The van der Waals surface area contributed by atoms with E-state index in [0.29, 0.717) is 40.5 Å². The molecule has 17 heavy (non-hydrogen) atoms. The van der Waals surface area contributed by atoms with E-state index in [2.05, 4.69) is 20.4 Å². The molecule has 0 amide bonds. The van der Waals surface area contributed by atoms with E-state index in [-0.39, 0.29) is 0 Å². The lowest BCUT2D eigenvalue weighted by atomic mass is 10.4. The second-order valence-corrected chi connectivity index (χ2v) is 4.23. The molecule has 0 radical (unpaired) electrons. The van der Waals surface area contributed by atoms with E-state index in [1.807, 2.05) is 0 Å². The summed E-state index contributed by atoms with van der Waals surface area (Å²) >= 11 is 11.7.